The lowest BCUT2D eigenvalue weighted by Gasteiger charge is -2.38. The maximum atomic E-state index is 11.9. The quantitative estimate of drug-likeness (QED) is 0.644. The molecule has 0 spiro atoms. The van der Waals surface area contributed by atoms with Gasteiger partial charge in [-0.1, -0.05) is 19.1 Å². The third-order valence-electron chi connectivity index (χ3n) is 4.68. The van der Waals surface area contributed by atoms with E-state index < -0.39 is 0 Å². The normalized spacial score (nSPS) is 15.2. The van der Waals surface area contributed by atoms with Crippen LogP contribution >= 0.6 is 0 Å². The highest BCUT2D eigenvalue weighted by atomic mass is 16.2. The lowest BCUT2D eigenvalue weighted by Crippen LogP contribution is -2.53. The number of anilines is 1. The summed E-state index contributed by atoms with van der Waals surface area (Å²) in [7, 11) is 3.53. The summed E-state index contributed by atoms with van der Waals surface area (Å²) in [6.07, 6.45) is 1.03. The Kier molecular flexibility index (Phi) is 7.30. The lowest BCUT2D eigenvalue weighted by molar-refractivity contribution is -0.127. The Morgan fingerprint density at radius 2 is 1.88 bits per heavy atom. The zero-order valence-corrected chi connectivity index (χ0v) is 16.9. The second-order valence-corrected chi connectivity index (χ2v) is 7.12. The number of nitrogens with one attached hydrogen (secondary N) is 1. The Labute approximate surface area is 157 Å². The van der Waals surface area contributed by atoms with Gasteiger partial charge in [-0.2, -0.15) is 0 Å². The molecule has 2 rings (SSSR count). The van der Waals surface area contributed by atoms with E-state index >= 15 is 0 Å². The topological polar surface area (TPSA) is 51.2 Å². The van der Waals surface area contributed by atoms with Crippen molar-refractivity contribution >= 4 is 17.6 Å². The number of rotatable bonds is 5. The van der Waals surface area contributed by atoms with Gasteiger partial charge >= 0.3 is 0 Å². The number of aliphatic imine (C=N–C) groups is 1. The molecule has 0 atom stereocenters. The van der Waals surface area contributed by atoms with Crippen LogP contribution in [0.5, 0.6) is 0 Å². The average Bonchev–Trinajstić information content (AvgIpc) is 2.63. The summed E-state index contributed by atoms with van der Waals surface area (Å²) in [4.78, 5) is 22.7. The van der Waals surface area contributed by atoms with Gasteiger partial charge in [-0.3, -0.25) is 4.79 Å². The third kappa shape index (κ3) is 5.38. The summed E-state index contributed by atoms with van der Waals surface area (Å²) in [5.74, 6) is 0.873. The average molecular weight is 360 g/mol. The molecule has 0 saturated carbocycles. The molecule has 1 heterocycles. The molecule has 1 aliphatic heterocycles. The SMILES string of the molecule is CCCNC(=NCC(=O)N(C)C)N1CCN(c2cc(C)ccc2C)CC1. The number of likely N-dealkylation sites (N-methyl/N-ethyl adjacent to an activating group) is 1. The van der Waals surface area contributed by atoms with Crippen molar-refractivity contribution in [3.05, 3.63) is 29.3 Å². The van der Waals surface area contributed by atoms with E-state index in [1.165, 1.54) is 16.8 Å². The maximum Gasteiger partial charge on any atom is 0.243 e. The lowest BCUT2D eigenvalue weighted by atomic mass is 10.1. The number of aryl methyl sites for hydroxylation is 2. The van der Waals surface area contributed by atoms with E-state index in [-0.39, 0.29) is 12.5 Å². The molecule has 0 unspecified atom stereocenters. The number of benzene rings is 1. The van der Waals surface area contributed by atoms with Gasteiger partial charge in [0, 0.05) is 52.5 Å². The minimum absolute atomic E-state index is 0.0230. The van der Waals surface area contributed by atoms with E-state index in [1.54, 1.807) is 19.0 Å². The fourth-order valence-corrected chi connectivity index (χ4v) is 3.01. The predicted molar refractivity (Wildman–Crippen MR) is 109 cm³/mol. The summed E-state index contributed by atoms with van der Waals surface area (Å²) < 4.78 is 0. The van der Waals surface area contributed by atoms with E-state index in [0.717, 1.165) is 45.1 Å². The second-order valence-electron chi connectivity index (χ2n) is 7.12. The first-order valence-electron chi connectivity index (χ1n) is 9.48. The highest BCUT2D eigenvalue weighted by molar-refractivity contribution is 5.85. The molecule has 0 aliphatic carbocycles. The summed E-state index contributed by atoms with van der Waals surface area (Å²) >= 11 is 0. The molecule has 0 aromatic heterocycles. The van der Waals surface area contributed by atoms with Crippen LogP contribution in [0.25, 0.3) is 0 Å². The van der Waals surface area contributed by atoms with Crippen LogP contribution in [0.4, 0.5) is 5.69 Å². The predicted octanol–water partition coefficient (Wildman–Crippen LogP) is 1.87. The van der Waals surface area contributed by atoms with Gasteiger partial charge in [0.1, 0.15) is 6.54 Å². The van der Waals surface area contributed by atoms with Gasteiger partial charge in [0.25, 0.3) is 0 Å². The molecule has 1 aromatic rings. The molecule has 1 saturated heterocycles. The van der Waals surface area contributed by atoms with Crippen molar-refractivity contribution in [2.24, 2.45) is 4.99 Å². The molecule has 1 fully saturated rings. The van der Waals surface area contributed by atoms with Gasteiger partial charge in [-0.05, 0) is 37.5 Å². The van der Waals surface area contributed by atoms with Gasteiger partial charge in [0.15, 0.2) is 5.96 Å². The molecule has 144 valence electrons. The van der Waals surface area contributed by atoms with E-state index in [2.05, 4.69) is 59.1 Å². The minimum atomic E-state index is 0.0230. The molecule has 0 radical (unpaired) electrons. The largest absolute Gasteiger partial charge is 0.368 e. The van der Waals surface area contributed by atoms with E-state index in [4.69, 9.17) is 0 Å². The van der Waals surface area contributed by atoms with E-state index in [9.17, 15) is 4.79 Å². The Bertz CT molecular complexity index is 633. The minimum Gasteiger partial charge on any atom is -0.368 e. The number of piperazine rings is 1. The van der Waals surface area contributed by atoms with Crippen molar-refractivity contribution in [1.82, 2.24) is 15.1 Å². The van der Waals surface area contributed by atoms with Gasteiger partial charge in [0.05, 0.1) is 0 Å². The van der Waals surface area contributed by atoms with Gasteiger partial charge in [0.2, 0.25) is 5.91 Å². The van der Waals surface area contributed by atoms with Crippen LogP contribution in [0.1, 0.15) is 24.5 Å². The van der Waals surface area contributed by atoms with Crippen molar-refractivity contribution in [1.29, 1.82) is 0 Å². The summed E-state index contributed by atoms with van der Waals surface area (Å²) in [6, 6.07) is 6.63. The molecular formula is C20H33N5O. The van der Waals surface area contributed by atoms with Crippen molar-refractivity contribution < 1.29 is 4.79 Å². The first-order chi connectivity index (χ1) is 12.4. The van der Waals surface area contributed by atoms with Crippen LogP contribution in [0.15, 0.2) is 23.2 Å². The molecule has 1 N–H and O–H groups in total. The molecule has 6 nitrogen and oxygen atoms in total. The number of hydrogen-bond donors (Lipinski definition) is 1. The zero-order valence-electron chi connectivity index (χ0n) is 16.9. The van der Waals surface area contributed by atoms with Crippen molar-refractivity contribution in [2.75, 3.05) is 58.3 Å². The molecular weight excluding hydrogens is 326 g/mol. The van der Waals surface area contributed by atoms with Crippen LogP contribution in [0.2, 0.25) is 0 Å². The number of guanidine groups is 1. The Morgan fingerprint density at radius 3 is 2.50 bits per heavy atom. The van der Waals surface area contributed by atoms with Gasteiger partial charge < -0.3 is 20.0 Å². The number of nitrogens with zero attached hydrogens (tertiary/aromatic N) is 4. The third-order valence-corrected chi connectivity index (χ3v) is 4.68. The van der Waals surface area contributed by atoms with Crippen molar-refractivity contribution in [2.45, 2.75) is 27.2 Å². The number of carbonyl (C=O) groups excluding carboxylic acids is 1. The van der Waals surface area contributed by atoms with E-state index in [0.29, 0.717) is 0 Å². The van der Waals surface area contributed by atoms with Crippen LogP contribution in [0, 0.1) is 13.8 Å². The summed E-state index contributed by atoms with van der Waals surface area (Å²) in [6.45, 7) is 11.2. The highest BCUT2D eigenvalue weighted by Gasteiger charge is 2.21. The van der Waals surface area contributed by atoms with Crippen LogP contribution in [0.3, 0.4) is 0 Å². The molecule has 26 heavy (non-hydrogen) atoms. The van der Waals surface area contributed by atoms with Crippen LogP contribution in [-0.2, 0) is 4.79 Å². The molecule has 1 aliphatic rings. The van der Waals surface area contributed by atoms with Crippen LogP contribution < -0.4 is 10.2 Å². The Morgan fingerprint density at radius 1 is 1.19 bits per heavy atom. The van der Waals surface area contributed by atoms with Gasteiger partial charge in [-0.25, -0.2) is 4.99 Å². The fourth-order valence-electron chi connectivity index (χ4n) is 3.01. The van der Waals surface area contributed by atoms with Crippen LogP contribution in [-0.4, -0.2) is 75.0 Å². The number of carbonyl (C=O) groups is 1. The number of hydrogen-bond acceptors (Lipinski definition) is 3. The second kappa shape index (κ2) is 9.46. The molecule has 6 heteroatoms. The maximum absolute atomic E-state index is 11.9. The molecule has 0 bridgehead atoms. The first-order valence-corrected chi connectivity index (χ1v) is 9.48. The summed E-state index contributed by atoms with van der Waals surface area (Å²) in [5, 5.41) is 3.40. The zero-order chi connectivity index (χ0) is 19.1. The first kappa shape index (κ1) is 20.1. The Hall–Kier alpha value is -2.24. The highest BCUT2D eigenvalue weighted by Crippen LogP contribution is 2.22. The number of amides is 1. The Balaban J connectivity index is 2.02. The van der Waals surface area contributed by atoms with Gasteiger partial charge in [-0.15, -0.1) is 0 Å². The summed E-state index contributed by atoms with van der Waals surface area (Å²) in [5.41, 5.74) is 3.94. The van der Waals surface area contributed by atoms with Crippen molar-refractivity contribution in [3.63, 3.8) is 0 Å². The molecule has 1 aromatic carbocycles. The van der Waals surface area contributed by atoms with E-state index in [1.807, 2.05) is 0 Å². The smallest absolute Gasteiger partial charge is 0.243 e. The van der Waals surface area contributed by atoms with Crippen molar-refractivity contribution in [3.8, 4) is 0 Å². The monoisotopic (exact) mass is 359 g/mol. The standard InChI is InChI=1S/C20H33N5O/c1-6-9-21-20(22-15-19(26)23(4)5)25-12-10-24(11-13-25)18-14-16(2)7-8-17(18)3/h7-8,14H,6,9-13,15H2,1-5H3,(H,21,22). The molecule has 1 amide bonds. The fraction of sp³-hybridized carbons (Fsp3) is 0.600.